The van der Waals surface area contributed by atoms with Crippen molar-refractivity contribution in [1.82, 2.24) is 15.1 Å². The molecule has 3 aromatic carbocycles. The highest BCUT2D eigenvalue weighted by Gasteiger charge is 2.58. The van der Waals surface area contributed by atoms with Crippen molar-refractivity contribution in [1.29, 1.82) is 0 Å². The summed E-state index contributed by atoms with van der Waals surface area (Å²) in [6, 6.07) is 16.9. The van der Waals surface area contributed by atoms with Gasteiger partial charge in [-0.1, -0.05) is 87.1 Å². The molecule has 1 aliphatic heterocycles. The molecule has 2 N–H and O–H groups in total. The minimum Gasteiger partial charge on any atom is -0.427 e. The third-order valence-electron chi connectivity index (χ3n) is 10.3. The number of unbranched alkanes of at least 4 members (excludes halogenated alkanes) is 7. The number of carbonyl (C=O) groups excluding carboxylic acids is 5. The standard InChI is InChI=1S/C42H48F4N4O6/c1-29(42(44,45)46)49(27-31-16-18-33(43)19-17-31)38(53)28-50-39(54)41(56-40(50)55)23-22-32-26-34(20-21-35(32)41)48-36(51)15-11-6-4-2-3-5-7-12-24-47-37(52)25-30-13-9-8-10-14-30/h8-10,13-14,16-21,26,29H,2-7,11-12,15,22-25,27-28H2,1H3,(H,47,52)(H,48,51)/t29-,41?/m0/s1. The highest BCUT2D eigenvalue weighted by molar-refractivity contribution is 6.06. The maximum Gasteiger partial charge on any atom is 0.418 e. The molecule has 56 heavy (non-hydrogen) atoms. The van der Waals surface area contributed by atoms with Gasteiger partial charge in [-0.25, -0.2) is 14.1 Å². The third kappa shape index (κ3) is 10.9. The molecule has 1 fully saturated rings. The fourth-order valence-corrected chi connectivity index (χ4v) is 7.13. The predicted octanol–water partition coefficient (Wildman–Crippen LogP) is 7.73. The molecule has 10 nitrogen and oxygen atoms in total. The second-order valence-corrected chi connectivity index (χ2v) is 14.5. The summed E-state index contributed by atoms with van der Waals surface area (Å²) in [4.78, 5) is 65.7. The van der Waals surface area contributed by atoms with E-state index in [1.807, 2.05) is 30.3 Å². The van der Waals surface area contributed by atoms with Crippen LogP contribution >= 0.6 is 0 Å². The largest absolute Gasteiger partial charge is 0.427 e. The molecule has 2 aliphatic rings. The Bertz CT molecular complexity index is 1860. The summed E-state index contributed by atoms with van der Waals surface area (Å²) in [5.41, 5.74) is 1.07. The Labute approximate surface area is 323 Å². The van der Waals surface area contributed by atoms with Crippen LogP contribution < -0.4 is 10.6 Å². The lowest BCUT2D eigenvalue weighted by Gasteiger charge is -2.31. The van der Waals surface area contributed by atoms with Gasteiger partial charge in [0.05, 0.1) is 6.42 Å². The summed E-state index contributed by atoms with van der Waals surface area (Å²) in [5, 5.41) is 5.85. The number of anilines is 1. The number of nitrogens with one attached hydrogen (secondary N) is 2. The zero-order chi connectivity index (χ0) is 40.3. The molecule has 14 heteroatoms. The fourth-order valence-electron chi connectivity index (χ4n) is 7.13. The minimum absolute atomic E-state index is 0.0366. The molecule has 1 unspecified atom stereocenters. The number of hydrogen-bond acceptors (Lipinski definition) is 6. The normalized spacial score (nSPS) is 16.8. The molecule has 0 aromatic heterocycles. The number of hydrogen-bond donors (Lipinski definition) is 2. The molecule has 1 aliphatic carbocycles. The van der Waals surface area contributed by atoms with Crippen molar-refractivity contribution < 1.29 is 46.3 Å². The summed E-state index contributed by atoms with van der Waals surface area (Å²) in [6.45, 7) is -0.0300. The molecule has 3 aromatic rings. The lowest BCUT2D eigenvalue weighted by molar-refractivity contribution is -0.187. The molecule has 5 amide bonds. The van der Waals surface area contributed by atoms with Crippen LogP contribution in [-0.2, 0) is 48.9 Å². The molecular formula is C42H48F4N4O6. The Balaban J connectivity index is 1.03. The van der Waals surface area contributed by atoms with Gasteiger partial charge >= 0.3 is 12.3 Å². The van der Waals surface area contributed by atoms with Gasteiger partial charge in [0.15, 0.2) is 0 Å². The van der Waals surface area contributed by atoms with Crippen molar-refractivity contribution in [3.63, 3.8) is 0 Å². The number of halogens is 4. The second kappa shape index (κ2) is 19.1. The van der Waals surface area contributed by atoms with Gasteiger partial charge in [0.25, 0.3) is 5.91 Å². The molecule has 1 heterocycles. The lowest BCUT2D eigenvalue weighted by atomic mass is 9.94. The van der Waals surface area contributed by atoms with E-state index in [1.54, 1.807) is 18.2 Å². The number of aryl methyl sites for hydroxylation is 1. The Morgan fingerprint density at radius 1 is 0.857 bits per heavy atom. The summed E-state index contributed by atoms with van der Waals surface area (Å²) < 4.78 is 60.3. The number of imide groups is 1. The van der Waals surface area contributed by atoms with E-state index in [-0.39, 0.29) is 23.8 Å². The smallest absolute Gasteiger partial charge is 0.418 e. The van der Waals surface area contributed by atoms with Crippen molar-refractivity contribution in [3.05, 3.63) is 101 Å². The fraction of sp³-hybridized carbons (Fsp3) is 0.452. The van der Waals surface area contributed by atoms with Gasteiger partial charge < -0.3 is 20.3 Å². The topological polar surface area (TPSA) is 125 Å². The van der Waals surface area contributed by atoms with E-state index in [0.29, 0.717) is 52.4 Å². The number of carbonyl (C=O) groups is 5. The summed E-state index contributed by atoms with van der Waals surface area (Å²) in [6.07, 6.45) is 3.10. The van der Waals surface area contributed by atoms with Crippen molar-refractivity contribution >= 4 is 35.4 Å². The molecule has 0 saturated carbocycles. The van der Waals surface area contributed by atoms with Crippen LogP contribution in [0.15, 0.2) is 72.8 Å². The molecular weight excluding hydrogens is 732 g/mol. The van der Waals surface area contributed by atoms with Crippen LogP contribution in [0.3, 0.4) is 0 Å². The molecule has 2 atom stereocenters. The van der Waals surface area contributed by atoms with E-state index in [1.165, 1.54) is 12.1 Å². The molecule has 1 saturated heterocycles. The van der Waals surface area contributed by atoms with Crippen LogP contribution in [-0.4, -0.2) is 64.8 Å². The van der Waals surface area contributed by atoms with Crippen LogP contribution in [0.5, 0.6) is 0 Å². The molecule has 1 spiro atoms. The molecule has 5 rings (SSSR count). The van der Waals surface area contributed by atoms with Crippen molar-refractivity contribution in [2.24, 2.45) is 0 Å². The van der Waals surface area contributed by atoms with Crippen LogP contribution in [0.2, 0.25) is 0 Å². The average molecular weight is 781 g/mol. The van der Waals surface area contributed by atoms with Crippen LogP contribution in [0.1, 0.15) is 93.4 Å². The number of benzene rings is 3. The van der Waals surface area contributed by atoms with Gasteiger partial charge in [-0.15, -0.1) is 0 Å². The van der Waals surface area contributed by atoms with Gasteiger partial charge in [0.2, 0.25) is 23.3 Å². The first-order valence-corrected chi connectivity index (χ1v) is 19.2. The zero-order valence-electron chi connectivity index (χ0n) is 31.5. The summed E-state index contributed by atoms with van der Waals surface area (Å²) in [5.74, 6) is -2.70. The van der Waals surface area contributed by atoms with Gasteiger partial charge in [0, 0.05) is 37.2 Å². The first-order valence-electron chi connectivity index (χ1n) is 19.2. The monoisotopic (exact) mass is 780 g/mol. The van der Waals surface area contributed by atoms with Gasteiger partial charge in [-0.2, -0.15) is 13.2 Å². The average Bonchev–Trinajstić information content (AvgIpc) is 3.64. The number of alkyl halides is 3. The van der Waals surface area contributed by atoms with E-state index < -0.39 is 54.6 Å². The number of ether oxygens (including phenoxy) is 1. The number of fused-ring (bicyclic) bond motifs is 2. The number of nitrogens with zero attached hydrogens (tertiary/aromatic N) is 2. The third-order valence-corrected chi connectivity index (χ3v) is 10.3. The van der Waals surface area contributed by atoms with Gasteiger partial charge in [-0.05, 0) is 67.1 Å². The predicted molar refractivity (Wildman–Crippen MR) is 200 cm³/mol. The van der Waals surface area contributed by atoms with E-state index >= 15 is 0 Å². The van der Waals surface area contributed by atoms with Gasteiger partial charge in [0.1, 0.15) is 18.4 Å². The Morgan fingerprint density at radius 3 is 2.20 bits per heavy atom. The van der Waals surface area contributed by atoms with E-state index in [9.17, 15) is 41.5 Å². The maximum absolute atomic E-state index is 13.8. The molecule has 300 valence electrons. The van der Waals surface area contributed by atoms with Gasteiger partial charge in [-0.3, -0.25) is 19.2 Å². The highest BCUT2D eigenvalue weighted by atomic mass is 19.4. The van der Waals surface area contributed by atoms with Crippen molar-refractivity contribution in [2.75, 3.05) is 18.4 Å². The summed E-state index contributed by atoms with van der Waals surface area (Å²) >= 11 is 0. The quantitative estimate of drug-likeness (QED) is 0.0948. The van der Waals surface area contributed by atoms with E-state index in [0.717, 1.165) is 76.0 Å². The lowest BCUT2D eigenvalue weighted by Crippen LogP contribution is -2.51. The summed E-state index contributed by atoms with van der Waals surface area (Å²) in [7, 11) is 0. The highest BCUT2D eigenvalue weighted by Crippen LogP contribution is 2.46. The van der Waals surface area contributed by atoms with E-state index in [2.05, 4.69) is 10.6 Å². The Hall–Kier alpha value is -5.27. The SMILES string of the molecule is C[C@H](N(Cc1ccc(F)cc1)C(=O)CN1C(=O)OC2(CCc3cc(NC(=O)CCCCCCCCCCNC(=O)Cc4ccccc4)ccc32)C1=O)C(F)(F)F. The van der Waals surface area contributed by atoms with Crippen LogP contribution in [0.25, 0.3) is 0 Å². The first-order chi connectivity index (χ1) is 26.8. The first kappa shape index (κ1) is 41.9. The minimum atomic E-state index is -4.81. The number of amides is 5. The van der Waals surface area contributed by atoms with Crippen molar-refractivity contribution in [2.45, 2.75) is 108 Å². The Kier molecular flexibility index (Phi) is 14.2. The van der Waals surface area contributed by atoms with Crippen molar-refractivity contribution in [3.8, 4) is 0 Å². The van der Waals surface area contributed by atoms with E-state index in [4.69, 9.17) is 4.74 Å². The molecule has 0 radical (unpaired) electrons. The zero-order valence-corrected chi connectivity index (χ0v) is 31.5. The number of rotatable bonds is 19. The van der Waals surface area contributed by atoms with Crippen LogP contribution in [0.4, 0.5) is 28.0 Å². The maximum atomic E-state index is 13.8. The second-order valence-electron chi connectivity index (χ2n) is 14.5. The molecule has 0 bridgehead atoms. The van der Waals surface area contributed by atoms with Crippen LogP contribution in [0, 0.1) is 5.82 Å². The Morgan fingerprint density at radius 2 is 1.52 bits per heavy atom.